The quantitative estimate of drug-likeness (QED) is 0.258. The van der Waals surface area contributed by atoms with Gasteiger partial charge in [0.2, 0.25) is 5.91 Å². The molecular formula is C22H29N5O5. The summed E-state index contributed by atoms with van der Waals surface area (Å²) in [7, 11) is 0. The monoisotopic (exact) mass is 443 g/mol. The number of amides is 2. The predicted octanol–water partition coefficient (Wildman–Crippen LogP) is 1.73. The van der Waals surface area contributed by atoms with E-state index in [9.17, 15) is 19.5 Å². The van der Waals surface area contributed by atoms with Crippen molar-refractivity contribution in [1.29, 1.82) is 0 Å². The molecule has 6 N–H and O–H groups in total. The number of hydrogen-bond donors (Lipinski definition) is 5. The molecule has 2 amide bonds. The van der Waals surface area contributed by atoms with Crippen molar-refractivity contribution in [3.8, 4) is 0 Å². The molecule has 2 rings (SSSR count). The van der Waals surface area contributed by atoms with Crippen LogP contribution < -0.4 is 22.0 Å². The number of nitrogens with zero attached hydrogens (tertiary/aromatic N) is 1. The number of allylic oxidation sites excluding steroid dienone is 2. The van der Waals surface area contributed by atoms with Crippen molar-refractivity contribution in [2.45, 2.75) is 33.1 Å². The van der Waals surface area contributed by atoms with Gasteiger partial charge in [0.15, 0.2) is 0 Å². The van der Waals surface area contributed by atoms with Gasteiger partial charge in [0.1, 0.15) is 0 Å². The Labute approximate surface area is 186 Å². The van der Waals surface area contributed by atoms with Gasteiger partial charge in [-0.3, -0.25) is 20.1 Å². The lowest BCUT2D eigenvalue weighted by molar-refractivity contribution is -0.132. The van der Waals surface area contributed by atoms with Gasteiger partial charge in [-0.25, -0.2) is 4.79 Å². The molecule has 1 aliphatic rings. The Morgan fingerprint density at radius 2 is 1.72 bits per heavy atom. The maximum Gasteiger partial charge on any atom is 0.337 e. The molecule has 1 atom stereocenters. The second-order valence-electron chi connectivity index (χ2n) is 7.29. The van der Waals surface area contributed by atoms with E-state index in [-0.39, 0.29) is 23.3 Å². The Morgan fingerprint density at radius 1 is 1.06 bits per heavy atom. The number of aliphatic imine (C=N–C) groups is 1. The maximum absolute atomic E-state index is 12.3. The van der Waals surface area contributed by atoms with Crippen molar-refractivity contribution in [2.24, 2.45) is 16.8 Å². The zero-order valence-corrected chi connectivity index (χ0v) is 18.2. The van der Waals surface area contributed by atoms with Crippen LogP contribution in [0.1, 0.15) is 43.5 Å². The highest BCUT2D eigenvalue weighted by molar-refractivity contribution is 6.06. The summed E-state index contributed by atoms with van der Waals surface area (Å²) in [6.07, 6.45) is 5.67. The molecule has 1 aliphatic carbocycles. The molecule has 0 radical (unpaired) electrons. The molecule has 0 heterocycles. The van der Waals surface area contributed by atoms with Gasteiger partial charge in [0.05, 0.1) is 17.0 Å². The minimum Gasteiger partial charge on any atom is -0.478 e. The lowest BCUT2D eigenvalue weighted by atomic mass is 9.92. The molecule has 0 aromatic heterocycles. The SMILES string of the molecule is CC(=O)NCCCCCNC(=O)c1ccc(N=C2C=CC(C(=O)O)=C(NON)C2C)cc1. The smallest absolute Gasteiger partial charge is 0.337 e. The third-order valence-corrected chi connectivity index (χ3v) is 4.89. The number of carbonyl (C=O) groups is 3. The van der Waals surface area contributed by atoms with Crippen molar-refractivity contribution >= 4 is 29.2 Å². The van der Waals surface area contributed by atoms with Gasteiger partial charge in [-0.1, -0.05) is 6.92 Å². The highest BCUT2D eigenvalue weighted by Gasteiger charge is 2.25. The Balaban J connectivity index is 1.91. The Kier molecular flexibility index (Phi) is 9.58. The van der Waals surface area contributed by atoms with E-state index in [0.29, 0.717) is 35.7 Å². The third-order valence-electron chi connectivity index (χ3n) is 4.89. The summed E-state index contributed by atoms with van der Waals surface area (Å²) in [5, 5.41) is 14.9. The van der Waals surface area contributed by atoms with E-state index in [1.807, 2.05) is 0 Å². The van der Waals surface area contributed by atoms with Gasteiger partial charge in [-0.15, -0.1) is 0 Å². The van der Waals surface area contributed by atoms with E-state index < -0.39 is 5.97 Å². The fourth-order valence-electron chi connectivity index (χ4n) is 3.14. The van der Waals surface area contributed by atoms with E-state index in [1.54, 1.807) is 37.3 Å². The normalized spacial score (nSPS) is 16.7. The molecule has 10 nitrogen and oxygen atoms in total. The lowest BCUT2D eigenvalue weighted by Gasteiger charge is -2.22. The van der Waals surface area contributed by atoms with Crippen LogP contribution in [-0.2, 0) is 14.5 Å². The first-order valence-corrected chi connectivity index (χ1v) is 10.3. The van der Waals surface area contributed by atoms with Crippen molar-refractivity contribution in [3.05, 3.63) is 53.3 Å². The molecular weight excluding hydrogens is 414 g/mol. The number of carbonyl (C=O) groups excluding carboxylic acids is 2. The van der Waals surface area contributed by atoms with Crippen molar-refractivity contribution in [1.82, 2.24) is 16.1 Å². The van der Waals surface area contributed by atoms with Crippen LogP contribution in [0.2, 0.25) is 0 Å². The summed E-state index contributed by atoms with van der Waals surface area (Å²) in [6, 6.07) is 6.81. The zero-order valence-electron chi connectivity index (χ0n) is 18.2. The van der Waals surface area contributed by atoms with Crippen LogP contribution in [0.3, 0.4) is 0 Å². The molecule has 172 valence electrons. The summed E-state index contributed by atoms with van der Waals surface area (Å²) in [5.41, 5.74) is 4.52. The van der Waals surface area contributed by atoms with Gasteiger partial charge in [-0.05, 0) is 55.7 Å². The number of carboxylic acid groups (broad SMARTS) is 1. The van der Waals surface area contributed by atoms with Gasteiger partial charge in [-0.2, -0.15) is 10.8 Å². The van der Waals surface area contributed by atoms with Crippen molar-refractivity contribution in [3.63, 3.8) is 0 Å². The molecule has 1 aromatic rings. The summed E-state index contributed by atoms with van der Waals surface area (Å²) in [6.45, 7) is 4.47. The van der Waals surface area contributed by atoms with Crippen LogP contribution >= 0.6 is 0 Å². The van der Waals surface area contributed by atoms with Crippen LogP contribution in [0.5, 0.6) is 0 Å². The Bertz CT molecular complexity index is 921. The lowest BCUT2D eigenvalue weighted by Crippen LogP contribution is -2.31. The van der Waals surface area contributed by atoms with Gasteiger partial charge in [0.25, 0.3) is 5.91 Å². The van der Waals surface area contributed by atoms with E-state index in [2.05, 4.69) is 26.0 Å². The molecule has 0 fully saturated rings. The topological polar surface area (TPSA) is 155 Å². The molecule has 1 aromatic carbocycles. The molecule has 0 bridgehead atoms. The minimum atomic E-state index is -1.10. The Hall–Kier alpha value is -3.50. The molecule has 0 saturated carbocycles. The molecule has 0 aliphatic heterocycles. The van der Waals surface area contributed by atoms with E-state index in [4.69, 9.17) is 5.90 Å². The average Bonchev–Trinajstić information content (AvgIpc) is 2.76. The summed E-state index contributed by atoms with van der Waals surface area (Å²) in [4.78, 5) is 43.4. The first-order chi connectivity index (χ1) is 15.3. The van der Waals surface area contributed by atoms with E-state index >= 15 is 0 Å². The first kappa shape index (κ1) is 24.8. The number of rotatable bonds is 11. The van der Waals surface area contributed by atoms with Gasteiger partial charge in [0, 0.05) is 37.2 Å². The summed E-state index contributed by atoms with van der Waals surface area (Å²) < 4.78 is 0. The van der Waals surface area contributed by atoms with E-state index in [0.717, 1.165) is 19.3 Å². The molecule has 0 spiro atoms. The molecule has 0 saturated heterocycles. The zero-order chi connectivity index (χ0) is 23.5. The second kappa shape index (κ2) is 12.4. The fourth-order valence-corrected chi connectivity index (χ4v) is 3.14. The number of nitrogens with one attached hydrogen (secondary N) is 3. The summed E-state index contributed by atoms with van der Waals surface area (Å²) >= 11 is 0. The largest absolute Gasteiger partial charge is 0.478 e. The van der Waals surface area contributed by atoms with Crippen LogP contribution in [0, 0.1) is 5.92 Å². The number of hydroxylamine groups is 1. The number of unbranched alkanes of at least 4 members (excludes halogenated alkanes) is 2. The highest BCUT2D eigenvalue weighted by Crippen LogP contribution is 2.24. The first-order valence-electron chi connectivity index (χ1n) is 10.3. The highest BCUT2D eigenvalue weighted by atomic mass is 16.8. The second-order valence-corrected chi connectivity index (χ2v) is 7.29. The molecule has 32 heavy (non-hydrogen) atoms. The van der Waals surface area contributed by atoms with Crippen molar-refractivity contribution < 1.29 is 24.4 Å². The number of carboxylic acids is 1. The number of hydrogen-bond acceptors (Lipinski definition) is 7. The molecule has 1 unspecified atom stereocenters. The molecule has 10 heteroatoms. The Morgan fingerprint density at radius 3 is 2.31 bits per heavy atom. The van der Waals surface area contributed by atoms with E-state index in [1.165, 1.54) is 13.0 Å². The fraction of sp³-hybridized carbons (Fsp3) is 0.364. The predicted molar refractivity (Wildman–Crippen MR) is 120 cm³/mol. The van der Waals surface area contributed by atoms with Gasteiger partial charge < -0.3 is 15.7 Å². The maximum atomic E-state index is 12.3. The number of aliphatic carboxylic acids is 1. The number of benzene rings is 1. The standard InChI is InChI=1S/C22H29N5O5/c1-14-19(11-10-18(22(30)31)20(14)27-32-23)26-17-8-6-16(7-9-17)21(29)25-13-5-3-4-12-24-15(2)28/h6-11,14,27H,3-5,12-13,23H2,1-2H3,(H,24,28)(H,25,29)(H,30,31). The van der Waals surface area contributed by atoms with Crippen LogP contribution in [-0.4, -0.2) is 41.7 Å². The van der Waals surface area contributed by atoms with Crippen LogP contribution in [0.15, 0.2) is 52.7 Å². The third kappa shape index (κ3) is 7.33. The van der Waals surface area contributed by atoms with Crippen molar-refractivity contribution in [2.75, 3.05) is 13.1 Å². The number of nitrogens with two attached hydrogens (primary N) is 1. The van der Waals surface area contributed by atoms with Gasteiger partial charge >= 0.3 is 5.97 Å². The van der Waals surface area contributed by atoms with Crippen LogP contribution in [0.4, 0.5) is 5.69 Å². The average molecular weight is 444 g/mol. The van der Waals surface area contributed by atoms with Crippen LogP contribution in [0.25, 0.3) is 0 Å². The minimum absolute atomic E-state index is 0.0380. The summed E-state index contributed by atoms with van der Waals surface area (Å²) in [5.74, 6) is 3.35.